The van der Waals surface area contributed by atoms with E-state index in [0.29, 0.717) is 32.5 Å². The number of aliphatic hydroxyl groups is 1. The summed E-state index contributed by atoms with van der Waals surface area (Å²) in [4.78, 5) is 28.4. The van der Waals surface area contributed by atoms with Crippen molar-refractivity contribution in [1.82, 2.24) is 24.4 Å². The lowest BCUT2D eigenvalue weighted by Crippen LogP contribution is -2.55. The Balaban J connectivity index is 1.55. The van der Waals surface area contributed by atoms with Crippen LogP contribution in [0.15, 0.2) is 37.3 Å². The Morgan fingerprint density at radius 3 is 2.96 bits per heavy atom. The van der Waals surface area contributed by atoms with Crippen molar-refractivity contribution in [2.45, 2.75) is 31.4 Å². The lowest BCUT2D eigenvalue weighted by atomic mass is 9.92. The first-order valence-corrected chi connectivity index (χ1v) is 8.49. The van der Waals surface area contributed by atoms with E-state index in [9.17, 15) is 9.90 Å². The molecule has 1 saturated heterocycles. The first kappa shape index (κ1) is 17.3. The number of nitrogens with zero attached hydrogens (tertiary/aromatic N) is 6. The topological polar surface area (TPSA) is 87.4 Å². The Morgan fingerprint density at radius 2 is 2.24 bits per heavy atom. The van der Waals surface area contributed by atoms with E-state index in [1.807, 2.05) is 15.7 Å². The molecule has 25 heavy (non-hydrogen) atoms. The molecule has 0 aliphatic carbocycles. The number of β-amino-alcohol motifs (C(OH)–C–C–N with tert-alkyl or cyclic N) is 1. The van der Waals surface area contributed by atoms with Gasteiger partial charge >= 0.3 is 0 Å². The fraction of sp³-hybridized carbons (Fsp3) is 0.529. The molecule has 1 aliphatic heterocycles. The highest BCUT2D eigenvalue weighted by Gasteiger charge is 2.35. The number of aryl methyl sites for hydroxylation is 1. The predicted molar refractivity (Wildman–Crippen MR) is 92.9 cm³/mol. The van der Waals surface area contributed by atoms with Crippen LogP contribution in [0.3, 0.4) is 0 Å². The van der Waals surface area contributed by atoms with E-state index in [1.54, 1.807) is 43.1 Å². The zero-order valence-electron chi connectivity index (χ0n) is 14.5. The number of rotatable bonds is 6. The van der Waals surface area contributed by atoms with Gasteiger partial charge in [-0.25, -0.2) is 9.97 Å². The Labute approximate surface area is 147 Å². The van der Waals surface area contributed by atoms with Crippen molar-refractivity contribution in [1.29, 1.82) is 0 Å². The summed E-state index contributed by atoms with van der Waals surface area (Å²) in [5, 5.41) is 11.0. The van der Waals surface area contributed by atoms with Gasteiger partial charge in [0.2, 0.25) is 5.91 Å². The second-order valence-electron chi connectivity index (χ2n) is 6.61. The average molecular weight is 344 g/mol. The van der Waals surface area contributed by atoms with E-state index in [4.69, 9.17) is 0 Å². The third-order valence-electron chi connectivity index (χ3n) is 4.53. The summed E-state index contributed by atoms with van der Waals surface area (Å²) < 4.78 is 1.87. The molecule has 2 aromatic heterocycles. The molecule has 1 aliphatic rings. The van der Waals surface area contributed by atoms with Crippen LogP contribution in [0.4, 0.5) is 5.82 Å². The number of imidazole rings is 1. The van der Waals surface area contributed by atoms with E-state index < -0.39 is 5.60 Å². The van der Waals surface area contributed by atoms with Crippen LogP contribution >= 0.6 is 0 Å². The van der Waals surface area contributed by atoms with Gasteiger partial charge in [-0.1, -0.05) is 0 Å². The lowest BCUT2D eigenvalue weighted by molar-refractivity contribution is -0.133. The van der Waals surface area contributed by atoms with Crippen molar-refractivity contribution in [3.63, 3.8) is 0 Å². The number of carbonyl (C=O) groups is 1. The molecule has 1 N–H and O–H groups in total. The molecule has 3 rings (SSSR count). The standard InChI is InChI=1S/C17H24N6O2/c1-21(16(24)3-9-22-10-7-19-14-22)12-17(25)4-2-8-23(13-17)15-11-18-5-6-20-15/h5-7,10-11,14,25H,2-4,8-9,12-13H2,1H3/t17-/m1/s1. The van der Waals surface area contributed by atoms with Crippen molar-refractivity contribution in [2.75, 3.05) is 31.6 Å². The smallest absolute Gasteiger partial charge is 0.224 e. The van der Waals surface area contributed by atoms with Gasteiger partial charge in [-0.3, -0.25) is 9.78 Å². The van der Waals surface area contributed by atoms with E-state index in [0.717, 1.165) is 18.8 Å². The molecule has 134 valence electrons. The number of amides is 1. The molecule has 0 bridgehead atoms. The summed E-state index contributed by atoms with van der Waals surface area (Å²) in [5.74, 6) is 0.772. The van der Waals surface area contributed by atoms with Crippen LogP contribution < -0.4 is 4.90 Å². The van der Waals surface area contributed by atoms with Gasteiger partial charge in [-0.05, 0) is 12.8 Å². The molecule has 0 radical (unpaired) electrons. The highest BCUT2D eigenvalue weighted by atomic mass is 16.3. The molecule has 8 heteroatoms. The molecule has 1 fully saturated rings. The van der Waals surface area contributed by atoms with Crippen LogP contribution in [0.2, 0.25) is 0 Å². The number of anilines is 1. The van der Waals surface area contributed by atoms with E-state index in [1.165, 1.54) is 0 Å². The van der Waals surface area contributed by atoms with Crippen molar-refractivity contribution >= 4 is 11.7 Å². The molecule has 0 saturated carbocycles. The molecule has 3 heterocycles. The monoisotopic (exact) mass is 344 g/mol. The fourth-order valence-corrected chi connectivity index (χ4v) is 3.26. The van der Waals surface area contributed by atoms with Crippen LogP contribution in [0.1, 0.15) is 19.3 Å². The van der Waals surface area contributed by atoms with E-state index >= 15 is 0 Å². The van der Waals surface area contributed by atoms with Crippen LogP contribution in [-0.4, -0.2) is 67.7 Å². The molecule has 1 atom stereocenters. The number of piperidine rings is 1. The summed E-state index contributed by atoms with van der Waals surface area (Å²) in [5.41, 5.74) is -0.935. The maximum absolute atomic E-state index is 12.4. The highest BCUT2D eigenvalue weighted by Crippen LogP contribution is 2.25. The maximum atomic E-state index is 12.4. The second-order valence-corrected chi connectivity index (χ2v) is 6.61. The summed E-state index contributed by atoms with van der Waals surface area (Å²) in [6, 6.07) is 0. The van der Waals surface area contributed by atoms with Gasteiger partial charge in [0, 0.05) is 57.9 Å². The zero-order valence-corrected chi connectivity index (χ0v) is 14.5. The summed E-state index contributed by atoms with van der Waals surface area (Å²) in [6.45, 7) is 2.18. The first-order valence-electron chi connectivity index (χ1n) is 8.49. The Hall–Kier alpha value is -2.48. The number of likely N-dealkylation sites (N-methyl/N-ethyl adjacent to an activating group) is 1. The Kier molecular flexibility index (Phi) is 5.28. The normalized spacial score (nSPS) is 20.5. The maximum Gasteiger partial charge on any atom is 0.224 e. The third-order valence-corrected chi connectivity index (χ3v) is 4.53. The minimum absolute atomic E-state index is 0.0127. The molecule has 8 nitrogen and oxygen atoms in total. The molecule has 0 spiro atoms. The van der Waals surface area contributed by atoms with Gasteiger partial charge in [0.05, 0.1) is 24.7 Å². The Morgan fingerprint density at radius 1 is 1.36 bits per heavy atom. The van der Waals surface area contributed by atoms with E-state index in [-0.39, 0.29) is 5.91 Å². The largest absolute Gasteiger partial charge is 0.386 e. The van der Waals surface area contributed by atoms with Gasteiger partial charge < -0.3 is 19.5 Å². The average Bonchev–Trinajstić information content (AvgIpc) is 3.13. The highest BCUT2D eigenvalue weighted by molar-refractivity contribution is 5.75. The van der Waals surface area contributed by atoms with Crippen molar-refractivity contribution in [2.24, 2.45) is 0 Å². The predicted octanol–water partition coefficient (Wildman–Crippen LogP) is 0.553. The number of hydrogen-bond acceptors (Lipinski definition) is 6. The zero-order chi connectivity index (χ0) is 17.7. The molecule has 0 unspecified atom stereocenters. The van der Waals surface area contributed by atoms with E-state index in [2.05, 4.69) is 15.0 Å². The van der Waals surface area contributed by atoms with Crippen LogP contribution in [0.25, 0.3) is 0 Å². The summed E-state index contributed by atoms with van der Waals surface area (Å²) >= 11 is 0. The van der Waals surface area contributed by atoms with Crippen LogP contribution in [0, 0.1) is 0 Å². The van der Waals surface area contributed by atoms with Crippen molar-refractivity contribution in [3.05, 3.63) is 37.3 Å². The summed E-state index contributed by atoms with van der Waals surface area (Å²) in [7, 11) is 1.75. The van der Waals surface area contributed by atoms with Gasteiger partial charge in [0.1, 0.15) is 5.82 Å². The number of carbonyl (C=O) groups excluding carboxylic acids is 1. The van der Waals surface area contributed by atoms with Crippen LogP contribution in [0.5, 0.6) is 0 Å². The second kappa shape index (κ2) is 7.60. The summed E-state index contributed by atoms with van der Waals surface area (Å²) in [6.07, 6.45) is 12.1. The molecule has 0 aromatic carbocycles. The van der Waals surface area contributed by atoms with Crippen LogP contribution in [-0.2, 0) is 11.3 Å². The van der Waals surface area contributed by atoms with Gasteiger partial charge in [-0.2, -0.15) is 0 Å². The number of hydrogen-bond donors (Lipinski definition) is 1. The fourth-order valence-electron chi connectivity index (χ4n) is 3.26. The number of aromatic nitrogens is 4. The van der Waals surface area contributed by atoms with Crippen molar-refractivity contribution < 1.29 is 9.90 Å². The van der Waals surface area contributed by atoms with Gasteiger partial charge in [-0.15, -0.1) is 0 Å². The quantitative estimate of drug-likeness (QED) is 0.824. The Bertz CT molecular complexity index is 678. The van der Waals surface area contributed by atoms with Gasteiger partial charge in [0.25, 0.3) is 0 Å². The lowest BCUT2D eigenvalue weighted by Gasteiger charge is -2.41. The molecular formula is C17H24N6O2. The SMILES string of the molecule is CN(C[C@]1(O)CCCN(c2cnccn2)C1)C(=O)CCn1ccnc1. The van der Waals surface area contributed by atoms with Crippen molar-refractivity contribution in [3.8, 4) is 0 Å². The minimum atomic E-state index is -0.935. The first-order chi connectivity index (χ1) is 12.1. The minimum Gasteiger partial charge on any atom is -0.386 e. The molecule has 2 aromatic rings. The molecular weight excluding hydrogens is 320 g/mol. The third kappa shape index (κ3) is 4.54. The van der Waals surface area contributed by atoms with Gasteiger partial charge in [0.15, 0.2) is 0 Å². The molecule has 1 amide bonds.